The summed E-state index contributed by atoms with van der Waals surface area (Å²) in [5.74, 6) is 1.97. The van der Waals surface area contributed by atoms with Crippen LogP contribution in [-0.4, -0.2) is 48.7 Å². The van der Waals surface area contributed by atoms with Crippen molar-refractivity contribution in [3.63, 3.8) is 0 Å². The van der Waals surface area contributed by atoms with Crippen LogP contribution in [0.3, 0.4) is 0 Å². The van der Waals surface area contributed by atoms with Gasteiger partial charge in [0.15, 0.2) is 0 Å². The Hall–Kier alpha value is -1.23. The Labute approximate surface area is 156 Å². The molecule has 0 N–H and O–H groups in total. The molecule has 3 fully saturated rings. The Bertz CT molecular complexity index is 512. The van der Waals surface area contributed by atoms with Crippen LogP contribution in [0.4, 0.5) is 0 Å². The third-order valence-corrected chi connectivity index (χ3v) is 6.80. The summed E-state index contributed by atoms with van der Waals surface area (Å²) in [6.07, 6.45) is 9.80. The van der Waals surface area contributed by atoms with Crippen molar-refractivity contribution in [2.45, 2.75) is 76.7 Å². The van der Waals surface area contributed by atoms with Crippen LogP contribution in [0.2, 0.25) is 0 Å². The van der Waals surface area contributed by atoms with E-state index in [0.717, 1.165) is 83.7 Å². The van der Waals surface area contributed by atoms with E-state index in [0.29, 0.717) is 29.4 Å². The van der Waals surface area contributed by atoms with Gasteiger partial charge < -0.3 is 9.64 Å². The molecule has 3 rings (SSSR count). The van der Waals surface area contributed by atoms with Crippen molar-refractivity contribution in [1.82, 2.24) is 4.90 Å². The molecule has 0 radical (unpaired) electrons. The number of methoxy groups -OCH3 is 1. The van der Waals surface area contributed by atoms with Crippen LogP contribution in [0.15, 0.2) is 0 Å². The van der Waals surface area contributed by atoms with Crippen LogP contribution >= 0.6 is 0 Å². The number of piperidine rings is 1. The van der Waals surface area contributed by atoms with Gasteiger partial charge in [-0.05, 0) is 63.3 Å². The van der Waals surface area contributed by atoms with Gasteiger partial charge in [0, 0.05) is 38.3 Å². The largest absolute Gasteiger partial charge is 0.469 e. The number of ketones is 2. The van der Waals surface area contributed by atoms with E-state index in [1.165, 1.54) is 7.11 Å². The van der Waals surface area contributed by atoms with Gasteiger partial charge in [-0.2, -0.15) is 0 Å². The number of carbonyl (C=O) groups excluding carboxylic acids is 3. The average Bonchev–Trinajstić information content (AvgIpc) is 2.66. The van der Waals surface area contributed by atoms with E-state index in [1.807, 2.05) is 0 Å². The van der Waals surface area contributed by atoms with Gasteiger partial charge in [0.1, 0.15) is 11.6 Å². The number of rotatable bonds is 5. The number of esters is 1. The lowest BCUT2D eigenvalue weighted by atomic mass is 9.79. The van der Waals surface area contributed by atoms with E-state index in [4.69, 9.17) is 4.74 Å². The van der Waals surface area contributed by atoms with Gasteiger partial charge in [-0.1, -0.05) is 0 Å². The molecule has 1 aliphatic heterocycles. The molecule has 0 aromatic rings. The molecular formula is C21H33NO4. The maximum Gasteiger partial charge on any atom is 0.308 e. The molecule has 3 aliphatic rings. The van der Waals surface area contributed by atoms with Gasteiger partial charge in [0.05, 0.1) is 13.0 Å². The van der Waals surface area contributed by atoms with Crippen LogP contribution in [0.25, 0.3) is 0 Å². The van der Waals surface area contributed by atoms with Gasteiger partial charge in [0.2, 0.25) is 0 Å². The number of likely N-dealkylation sites (tertiary alicyclic amines) is 1. The summed E-state index contributed by atoms with van der Waals surface area (Å²) in [5.41, 5.74) is 0. The molecule has 0 aromatic heterocycles. The normalized spacial score (nSPS) is 29.7. The second-order valence-corrected chi connectivity index (χ2v) is 8.59. The molecule has 0 amide bonds. The van der Waals surface area contributed by atoms with E-state index in [1.54, 1.807) is 0 Å². The molecule has 26 heavy (non-hydrogen) atoms. The third-order valence-electron chi connectivity index (χ3n) is 6.80. The maximum atomic E-state index is 12.1. The Morgan fingerprint density at radius 3 is 2.12 bits per heavy atom. The minimum Gasteiger partial charge on any atom is -0.469 e. The average molecular weight is 363 g/mol. The van der Waals surface area contributed by atoms with E-state index in [-0.39, 0.29) is 11.9 Å². The van der Waals surface area contributed by atoms with Crippen molar-refractivity contribution in [3.8, 4) is 0 Å². The fraction of sp³-hybridized carbons (Fsp3) is 0.857. The number of ether oxygens (including phenoxy) is 1. The Morgan fingerprint density at radius 1 is 0.962 bits per heavy atom. The van der Waals surface area contributed by atoms with Crippen molar-refractivity contribution >= 4 is 17.5 Å². The van der Waals surface area contributed by atoms with E-state index >= 15 is 0 Å². The standard InChI is InChI=1S/C21H33NO4/c1-26-21(25)17-10-11-22(14-16-4-8-20(24)9-5-16)18(13-17)12-15-2-6-19(23)7-3-15/h15-18H,2-14H2,1H3. The van der Waals surface area contributed by atoms with Crippen molar-refractivity contribution in [2.24, 2.45) is 17.8 Å². The Morgan fingerprint density at radius 2 is 1.54 bits per heavy atom. The SMILES string of the molecule is COC(=O)C1CCN(CC2CCC(=O)CC2)C(CC2CCC(=O)CC2)C1. The van der Waals surface area contributed by atoms with Gasteiger partial charge in [-0.15, -0.1) is 0 Å². The smallest absolute Gasteiger partial charge is 0.308 e. The molecule has 2 unspecified atom stereocenters. The molecule has 2 atom stereocenters. The van der Waals surface area contributed by atoms with Gasteiger partial charge in [-0.3, -0.25) is 14.4 Å². The molecule has 0 spiro atoms. The third kappa shape index (κ3) is 5.15. The number of nitrogens with zero attached hydrogens (tertiary/aromatic N) is 1. The van der Waals surface area contributed by atoms with Crippen LogP contribution in [-0.2, 0) is 19.1 Å². The zero-order chi connectivity index (χ0) is 18.5. The molecule has 146 valence electrons. The maximum absolute atomic E-state index is 12.1. The quantitative estimate of drug-likeness (QED) is 0.702. The fourth-order valence-corrected chi connectivity index (χ4v) is 5.10. The molecule has 2 saturated carbocycles. The summed E-state index contributed by atoms with van der Waals surface area (Å²) < 4.78 is 5.00. The summed E-state index contributed by atoms with van der Waals surface area (Å²) >= 11 is 0. The first-order chi connectivity index (χ1) is 12.5. The first-order valence-corrected chi connectivity index (χ1v) is 10.4. The molecular weight excluding hydrogens is 330 g/mol. The highest BCUT2D eigenvalue weighted by Crippen LogP contribution is 2.34. The topological polar surface area (TPSA) is 63.7 Å². The van der Waals surface area contributed by atoms with E-state index in [2.05, 4.69) is 4.90 Å². The lowest BCUT2D eigenvalue weighted by molar-refractivity contribution is -0.148. The molecule has 2 aliphatic carbocycles. The van der Waals surface area contributed by atoms with E-state index in [9.17, 15) is 14.4 Å². The van der Waals surface area contributed by atoms with Crippen LogP contribution in [0.5, 0.6) is 0 Å². The summed E-state index contributed by atoms with van der Waals surface area (Å²) in [6, 6.07) is 0.406. The summed E-state index contributed by atoms with van der Waals surface area (Å²) in [7, 11) is 1.48. The zero-order valence-corrected chi connectivity index (χ0v) is 16.1. The van der Waals surface area contributed by atoms with Gasteiger partial charge >= 0.3 is 5.97 Å². The summed E-state index contributed by atoms with van der Waals surface area (Å²) in [4.78, 5) is 37.7. The fourth-order valence-electron chi connectivity index (χ4n) is 5.10. The Balaban J connectivity index is 1.60. The van der Waals surface area contributed by atoms with Crippen molar-refractivity contribution in [3.05, 3.63) is 0 Å². The van der Waals surface area contributed by atoms with Gasteiger partial charge in [0.25, 0.3) is 0 Å². The van der Waals surface area contributed by atoms with Crippen LogP contribution < -0.4 is 0 Å². The highest BCUT2D eigenvalue weighted by atomic mass is 16.5. The molecule has 0 bridgehead atoms. The number of Topliss-reactive ketones (excluding diaryl/α,β-unsaturated/α-hetero) is 2. The van der Waals surface area contributed by atoms with Crippen molar-refractivity contribution in [2.75, 3.05) is 20.2 Å². The summed E-state index contributed by atoms with van der Waals surface area (Å²) in [5, 5.41) is 0. The highest BCUT2D eigenvalue weighted by molar-refractivity contribution is 5.79. The van der Waals surface area contributed by atoms with Crippen molar-refractivity contribution < 1.29 is 19.1 Å². The molecule has 5 nitrogen and oxygen atoms in total. The number of hydrogen-bond donors (Lipinski definition) is 0. The molecule has 1 saturated heterocycles. The van der Waals surface area contributed by atoms with Gasteiger partial charge in [-0.25, -0.2) is 0 Å². The molecule has 5 heteroatoms. The Kier molecular flexibility index (Phi) is 6.85. The van der Waals surface area contributed by atoms with Crippen LogP contribution in [0, 0.1) is 17.8 Å². The molecule has 0 aromatic carbocycles. The number of hydrogen-bond acceptors (Lipinski definition) is 5. The molecule has 1 heterocycles. The first kappa shape index (κ1) is 19.5. The van der Waals surface area contributed by atoms with E-state index < -0.39 is 0 Å². The van der Waals surface area contributed by atoms with Crippen LogP contribution in [0.1, 0.15) is 70.6 Å². The zero-order valence-electron chi connectivity index (χ0n) is 16.1. The lowest BCUT2D eigenvalue weighted by Gasteiger charge is -2.42. The predicted octanol–water partition coefficient (Wildman–Crippen LogP) is 3.15. The first-order valence-electron chi connectivity index (χ1n) is 10.4. The van der Waals surface area contributed by atoms with Crippen molar-refractivity contribution in [1.29, 1.82) is 0 Å². The predicted molar refractivity (Wildman–Crippen MR) is 98.6 cm³/mol. The highest BCUT2D eigenvalue weighted by Gasteiger charge is 2.36. The second-order valence-electron chi connectivity index (χ2n) is 8.59. The minimum absolute atomic E-state index is 0.0133. The lowest BCUT2D eigenvalue weighted by Crippen LogP contribution is -2.47. The monoisotopic (exact) mass is 363 g/mol. The number of carbonyl (C=O) groups is 3. The second kappa shape index (κ2) is 9.12. The minimum atomic E-state index is -0.0725. The summed E-state index contributed by atoms with van der Waals surface area (Å²) in [6.45, 7) is 2.00.